The van der Waals surface area contributed by atoms with Gasteiger partial charge in [0.25, 0.3) is 0 Å². The number of fused-ring (bicyclic) bond motifs is 1. The highest BCUT2D eigenvalue weighted by molar-refractivity contribution is 5.08. The van der Waals surface area contributed by atoms with Gasteiger partial charge in [0.15, 0.2) is 0 Å². The van der Waals surface area contributed by atoms with E-state index in [4.69, 9.17) is 0 Å². The maximum atomic E-state index is 2.39. The average molecular weight is 108 g/mol. The molecular weight excluding hydrogens is 96.1 g/mol. The monoisotopic (exact) mass is 108 g/mol. The van der Waals surface area contributed by atoms with Crippen LogP contribution in [0, 0.1) is 17.8 Å². The summed E-state index contributed by atoms with van der Waals surface area (Å²) in [5, 5.41) is 0. The SMILES string of the molecule is CC1CC=CC2CC12. The molecule has 44 valence electrons. The molecule has 0 nitrogen and oxygen atoms in total. The minimum absolute atomic E-state index is 0.991. The summed E-state index contributed by atoms with van der Waals surface area (Å²) in [4.78, 5) is 0. The Hall–Kier alpha value is -0.260. The lowest BCUT2D eigenvalue weighted by Crippen LogP contribution is -1.99. The Bertz CT molecular complexity index is 124. The van der Waals surface area contributed by atoms with Crippen LogP contribution in [0.2, 0.25) is 0 Å². The van der Waals surface area contributed by atoms with Gasteiger partial charge in [-0.05, 0) is 30.6 Å². The quantitative estimate of drug-likeness (QED) is 0.417. The third kappa shape index (κ3) is 0.521. The second kappa shape index (κ2) is 1.37. The molecule has 0 aromatic carbocycles. The lowest BCUT2D eigenvalue weighted by Gasteiger charge is -2.09. The second-order valence-corrected chi connectivity index (χ2v) is 3.20. The average Bonchev–Trinajstić information content (AvgIpc) is 2.45. The van der Waals surface area contributed by atoms with Gasteiger partial charge in [-0.2, -0.15) is 0 Å². The zero-order valence-corrected chi connectivity index (χ0v) is 5.30. The smallest absolute Gasteiger partial charge is 0.0199 e. The van der Waals surface area contributed by atoms with Crippen LogP contribution in [0.3, 0.4) is 0 Å². The van der Waals surface area contributed by atoms with E-state index in [1.165, 1.54) is 12.8 Å². The Kier molecular flexibility index (Phi) is 0.787. The fourth-order valence-electron chi connectivity index (χ4n) is 1.75. The Balaban J connectivity index is 2.13. The van der Waals surface area contributed by atoms with E-state index in [1.54, 1.807) is 0 Å². The maximum Gasteiger partial charge on any atom is -0.0199 e. The fourth-order valence-corrected chi connectivity index (χ4v) is 1.75. The summed E-state index contributed by atoms with van der Waals surface area (Å²) >= 11 is 0. The summed E-state index contributed by atoms with van der Waals surface area (Å²) < 4.78 is 0. The molecule has 0 spiro atoms. The fraction of sp³-hybridized carbons (Fsp3) is 0.750. The highest BCUT2D eigenvalue weighted by atomic mass is 14.4. The zero-order valence-electron chi connectivity index (χ0n) is 5.30. The van der Waals surface area contributed by atoms with E-state index in [1.807, 2.05) is 0 Å². The van der Waals surface area contributed by atoms with Crippen molar-refractivity contribution in [1.29, 1.82) is 0 Å². The van der Waals surface area contributed by atoms with Gasteiger partial charge >= 0.3 is 0 Å². The standard InChI is InChI=1S/C8H12/c1-6-3-2-4-7-5-8(6)7/h2,4,6-8H,3,5H2,1H3. The van der Waals surface area contributed by atoms with Crippen LogP contribution < -0.4 is 0 Å². The molecule has 2 aliphatic rings. The number of hydrogen-bond acceptors (Lipinski definition) is 0. The van der Waals surface area contributed by atoms with E-state index in [0.29, 0.717) is 0 Å². The van der Waals surface area contributed by atoms with Crippen molar-refractivity contribution in [2.75, 3.05) is 0 Å². The molecule has 0 radical (unpaired) electrons. The number of allylic oxidation sites excluding steroid dienone is 2. The summed E-state index contributed by atoms with van der Waals surface area (Å²) in [7, 11) is 0. The molecule has 0 amide bonds. The van der Waals surface area contributed by atoms with Crippen LogP contribution in [0.5, 0.6) is 0 Å². The minimum Gasteiger partial charge on any atom is -0.0880 e. The first-order valence-electron chi connectivity index (χ1n) is 3.54. The zero-order chi connectivity index (χ0) is 5.56. The second-order valence-electron chi connectivity index (χ2n) is 3.20. The predicted octanol–water partition coefficient (Wildman–Crippen LogP) is 2.22. The molecule has 1 saturated carbocycles. The predicted molar refractivity (Wildman–Crippen MR) is 34.5 cm³/mol. The Labute approximate surface area is 50.6 Å². The molecule has 0 heteroatoms. The molecule has 0 heterocycles. The minimum atomic E-state index is 0.991. The van der Waals surface area contributed by atoms with Gasteiger partial charge in [0.05, 0.1) is 0 Å². The molecule has 0 aromatic heterocycles. The van der Waals surface area contributed by atoms with Crippen molar-refractivity contribution in [3.63, 3.8) is 0 Å². The molecule has 3 unspecified atom stereocenters. The van der Waals surface area contributed by atoms with Gasteiger partial charge in [-0.15, -0.1) is 0 Å². The summed E-state index contributed by atoms with van der Waals surface area (Å²) in [6.07, 6.45) is 7.56. The van der Waals surface area contributed by atoms with Crippen LogP contribution in [0.25, 0.3) is 0 Å². The molecule has 0 bridgehead atoms. The van der Waals surface area contributed by atoms with Crippen LogP contribution in [-0.4, -0.2) is 0 Å². The number of rotatable bonds is 0. The highest BCUT2D eigenvalue weighted by Gasteiger charge is 2.40. The third-order valence-electron chi connectivity index (χ3n) is 2.51. The Morgan fingerprint density at radius 2 is 2.38 bits per heavy atom. The van der Waals surface area contributed by atoms with E-state index < -0.39 is 0 Å². The van der Waals surface area contributed by atoms with Gasteiger partial charge in [0.1, 0.15) is 0 Å². The van der Waals surface area contributed by atoms with Crippen molar-refractivity contribution in [3.8, 4) is 0 Å². The molecule has 0 saturated heterocycles. The highest BCUT2D eigenvalue weighted by Crippen LogP contribution is 2.49. The molecule has 2 aliphatic carbocycles. The summed E-state index contributed by atoms with van der Waals surface area (Å²) in [5.74, 6) is 3.07. The van der Waals surface area contributed by atoms with Gasteiger partial charge in [-0.1, -0.05) is 19.1 Å². The Morgan fingerprint density at radius 1 is 1.50 bits per heavy atom. The Morgan fingerprint density at radius 3 is 3.00 bits per heavy atom. The van der Waals surface area contributed by atoms with E-state index in [-0.39, 0.29) is 0 Å². The van der Waals surface area contributed by atoms with Crippen molar-refractivity contribution in [1.82, 2.24) is 0 Å². The lowest BCUT2D eigenvalue weighted by atomic mass is 9.96. The first-order chi connectivity index (χ1) is 3.88. The van der Waals surface area contributed by atoms with Crippen LogP contribution >= 0.6 is 0 Å². The molecule has 1 fully saturated rings. The summed E-state index contributed by atoms with van der Waals surface area (Å²) in [6.45, 7) is 2.37. The molecule has 3 atom stereocenters. The van der Waals surface area contributed by atoms with Crippen molar-refractivity contribution in [2.45, 2.75) is 19.8 Å². The van der Waals surface area contributed by atoms with E-state index in [0.717, 1.165) is 17.8 Å². The van der Waals surface area contributed by atoms with Crippen LogP contribution in [-0.2, 0) is 0 Å². The molecule has 0 N–H and O–H groups in total. The van der Waals surface area contributed by atoms with Gasteiger partial charge in [0.2, 0.25) is 0 Å². The van der Waals surface area contributed by atoms with Crippen LogP contribution in [0.15, 0.2) is 12.2 Å². The number of hydrogen-bond donors (Lipinski definition) is 0. The lowest BCUT2D eigenvalue weighted by molar-refractivity contribution is 0.484. The summed E-state index contributed by atoms with van der Waals surface area (Å²) in [6, 6.07) is 0. The maximum absolute atomic E-state index is 2.39. The van der Waals surface area contributed by atoms with Gasteiger partial charge < -0.3 is 0 Å². The molecule has 2 rings (SSSR count). The third-order valence-corrected chi connectivity index (χ3v) is 2.51. The molecular formula is C8H12. The van der Waals surface area contributed by atoms with Crippen molar-refractivity contribution in [3.05, 3.63) is 12.2 Å². The van der Waals surface area contributed by atoms with Crippen molar-refractivity contribution < 1.29 is 0 Å². The first kappa shape index (κ1) is 4.60. The molecule has 0 aromatic rings. The summed E-state index contributed by atoms with van der Waals surface area (Å²) in [5.41, 5.74) is 0. The van der Waals surface area contributed by atoms with Gasteiger partial charge in [0, 0.05) is 0 Å². The normalized spacial score (nSPS) is 50.9. The molecule has 8 heavy (non-hydrogen) atoms. The topological polar surface area (TPSA) is 0 Å². The van der Waals surface area contributed by atoms with E-state index in [2.05, 4.69) is 19.1 Å². The van der Waals surface area contributed by atoms with Gasteiger partial charge in [-0.25, -0.2) is 0 Å². The van der Waals surface area contributed by atoms with Crippen molar-refractivity contribution in [2.24, 2.45) is 17.8 Å². The largest absolute Gasteiger partial charge is 0.0880 e. The molecule has 0 aliphatic heterocycles. The first-order valence-corrected chi connectivity index (χ1v) is 3.54. The van der Waals surface area contributed by atoms with E-state index >= 15 is 0 Å². The van der Waals surface area contributed by atoms with Crippen LogP contribution in [0.4, 0.5) is 0 Å². The van der Waals surface area contributed by atoms with E-state index in [9.17, 15) is 0 Å². The van der Waals surface area contributed by atoms with Crippen LogP contribution in [0.1, 0.15) is 19.8 Å². The van der Waals surface area contributed by atoms with Gasteiger partial charge in [-0.3, -0.25) is 0 Å². The van der Waals surface area contributed by atoms with Crippen molar-refractivity contribution >= 4 is 0 Å².